The third-order valence-electron chi connectivity index (χ3n) is 7.13. The van der Waals surface area contributed by atoms with Gasteiger partial charge >= 0.3 is 0 Å². The lowest BCUT2D eigenvalue weighted by Gasteiger charge is -2.34. The zero-order valence-electron chi connectivity index (χ0n) is 15.3. The van der Waals surface area contributed by atoms with E-state index in [9.17, 15) is 9.59 Å². The molecule has 2 amide bonds. The smallest absolute Gasteiger partial charge is 0.237 e. The highest BCUT2D eigenvalue weighted by Gasteiger charge is 2.41. The van der Waals surface area contributed by atoms with E-state index in [1.54, 1.807) is 0 Å². The lowest BCUT2D eigenvalue weighted by atomic mass is 9.86. The average molecular weight is 348 g/mol. The van der Waals surface area contributed by atoms with E-state index >= 15 is 0 Å². The Morgan fingerprint density at radius 2 is 2.00 bits per heavy atom. The number of nitrogens with one attached hydrogen (secondary N) is 2. The quantitative estimate of drug-likeness (QED) is 0.799. The summed E-state index contributed by atoms with van der Waals surface area (Å²) in [7, 11) is 0. The van der Waals surface area contributed by atoms with Gasteiger partial charge < -0.3 is 15.5 Å². The van der Waals surface area contributed by atoms with E-state index < -0.39 is 0 Å². The minimum absolute atomic E-state index is 0.000820. The van der Waals surface area contributed by atoms with Gasteiger partial charge in [0, 0.05) is 26.1 Å². The van der Waals surface area contributed by atoms with Crippen LogP contribution in [0.25, 0.3) is 0 Å². The minimum Gasteiger partial charge on any atom is -0.354 e. The second-order valence-electron chi connectivity index (χ2n) is 8.88. The number of likely N-dealkylation sites (tertiary alicyclic amines) is 1. The maximum Gasteiger partial charge on any atom is 0.237 e. The molecule has 25 heavy (non-hydrogen) atoms. The molecule has 0 aromatic carbocycles. The SMILES string of the molecule is O=C(NC[C@@H]1CCCN(C(=O)C[C@H]2C[C@H]3CC[C@H]2C3)C1)[C@H]1CCCN1. The number of hydrogen-bond donors (Lipinski definition) is 2. The molecule has 0 aromatic heterocycles. The lowest BCUT2D eigenvalue weighted by Crippen LogP contribution is -2.47. The molecular weight excluding hydrogens is 314 g/mol. The van der Waals surface area contributed by atoms with Gasteiger partial charge in [-0.2, -0.15) is 0 Å². The van der Waals surface area contributed by atoms with Crippen LogP contribution in [0.3, 0.4) is 0 Å². The molecule has 5 nitrogen and oxygen atoms in total. The summed E-state index contributed by atoms with van der Waals surface area (Å²) in [5.41, 5.74) is 0. The summed E-state index contributed by atoms with van der Waals surface area (Å²) in [5, 5.41) is 6.36. The largest absolute Gasteiger partial charge is 0.354 e. The Morgan fingerprint density at radius 1 is 1.08 bits per heavy atom. The van der Waals surface area contributed by atoms with Crippen LogP contribution in [0.2, 0.25) is 0 Å². The van der Waals surface area contributed by atoms with Crippen LogP contribution in [0.1, 0.15) is 57.8 Å². The Kier molecular flexibility index (Phi) is 5.30. The summed E-state index contributed by atoms with van der Waals surface area (Å²) in [5.74, 6) is 3.32. The predicted molar refractivity (Wildman–Crippen MR) is 96.9 cm³/mol. The van der Waals surface area contributed by atoms with E-state index in [0.29, 0.717) is 17.7 Å². The molecule has 2 aliphatic carbocycles. The van der Waals surface area contributed by atoms with Gasteiger partial charge in [0.05, 0.1) is 6.04 Å². The van der Waals surface area contributed by atoms with Crippen LogP contribution in [0.15, 0.2) is 0 Å². The van der Waals surface area contributed by atoms with Crippen molar-refractivity contribution in [2.45, 2.75) is 63.8 Å². The second kappa shape index (κ2) is 7.65. The molecule has 0 aromatic rings. The number of fused-ring (bicyclic) bond motifs is 2. The summed E-state index contributed by atoms with van der Waals surface area (Å²) < 4.78 is 0. The van der Waals surface area contributed by atoms with Crippen LogP contribution in [-0.2, 0) is 9.59 Å². The number of rotatable bonds is 5. The first-order valence-corrected chi connectivity index (χ1v) is 10.5. The third-order valence-corrected chi connectivity index (χ3v) is 7.13. The van der Waals surface area contributed by atoms with Crippen molar-refractivity contribution in [2.75, 3.05) is 26.2 Å². The topological polar surface area (TPSA) is 61.4 Å². The number of carbonyl (C=O) groups is 2. The fourth-order valence-electron chi connectivity index (χ4n) is 5.71. The van der Waals surface area contributed by atoms with Crippen LogP contribution in [0.4, 0.5) is 0 Å². The van der Waals surface area contributed by atoms with Crippen molar-refractivity contribution in [1.29, 1.82) is 0 Å². The second-order valence-corrected chi connectivity index (χ2v) is 8.88. The maximum absolute atomic E-state index is 12.8. The summed E-state index contributed by atoms with van der Waals surface area (Å²) in [6.07, 6.45) is 10.4. The fourth-order valence-corrected chi connectivity index (χ4v) is 5.71. The van der Waals surface area contributed by atoms with E-state index in [2.05, 4.69) is 15.5 Å². The van der Waals surface area contributed by atoms with Gasteiger partial charge in [0.25, 0.3) is 0 Å². The normalized spacial score (nSPS) is 37.4. The van der Waals surface area contributed by atoms with E-state index in [4.69, 9.17) is 0 Å². The van der Waals surface area contributed by atoms with Gasteiger partial charge in [-0.25, -0.2) is 0 Å². The molecule has 2 heterocycles. The monoisotopic (exact) mass is 347 g/mol. The van der Waals surface area contributed by atoms with Gasteiger partial charge in [0.2, 0.25) is 11.8 Å². The predicted octanol–water partition coefficient (Wildman–Crippen LogP) is 1.92. The van der Waals surface area contributed by atoms with E-state index in [1.807, 2.05) is 0 Å². The number of amides is 2. The van der Waals surface area contributed by atoms with Gasteiger partial charge in [0.1, 0.15) is 0 Å². The van der Waals surface area contributed by atoms with Crippen LogP contribution in [0, 0.1) is 23.7 Å². The van der Waals surface area contributed by atoms with Crippen LogP contribution < -0.4 is 10.6 Å². The van der Waals surface area contributed by atoms with Gasteiger partial charge in [-0.3, -0.25) is 9.59 Å². The highest BCUT2D eigenvalue weighted by molar-refractivity contribution is 5.82. The van der Waals surface area contributed by atoms with Crippen molar-refractivity contribution in [3.63, 3.8) is 0 Å². The number of piperidine rings is 1. The first kappa shape index (κ1) is 17.3. The standard InChI is InChI=1S/C20H33N3O2/c24-19(11-17-10-14-5-6-16(17)9-14)23-8-2-3-15(13-23)12-22-20(25)18-4-1-7-21-18/h14-18,21H,1-13H2,(H,22,25)/t14-,15-,16-,17+,18+/m0/s1. The summed E-state index contributed by atoms with van der Waals surface area (Å²) in [6.45, 7) is 3.41. The summed E-state index contributed by atoms with van der Waals surface area (Å²) >= 11 is 0. The molecule has 0 unspecified atom stereocenters. The van der Waals surface area contributed by atoms with Crippen molar-refractivity contribution in [2.24, 2.45) is 23.7 Å². The number of nitrogens with zero attached hydrogens (tertiary/aromatic N) is 1. The molecule has 2 saturated heterocycles. The van der Waals surface area contributed by atoms with Gasteiger partial charge in [-0.1, -0.05) is 6.42 Å². The van der Waals surface area contributed by atoms with Gasteiger partial charge in [-0.15, -0.1) is 0 Å². The lowest BCUT2D eigenvalue weighted by molar-refractivity contribution is -0.134. The zero-order chi connectivity index (χ0) is 17.2. The highest BCUT2D eigenvalue weighted by atomic mass is 16.2. The molecule has 140 valence electrons. The molecule has 2 saturated carbocycles. The van der Waals surface area contributed by atoms with E-state index in [-0.39, 0.29) is 11.9 Å². The fraction of sp³-hybridized carbons (Fsp3) is 0.900. The van der Waals surface area contributed by atoms with Crippen molar-refractivity contribution < 1.29 is 9.59 Å². The van der Waals surface area contributed by atoms with Crippen LogP contribution in [-0.4, -0.2) is 48.9 Å². The molecule has 4 aliphatic rings. The van der Waals surface area contributed by atoms with Gasteiger partial charge in [0.15, 0.2) is 0 Å². The Bertz CT molecular complexity index is 503. The Balaban J connectivity index is 1.21. The highest BCUT2D eigenvalue weighted by Crippen LogP contribution is 2.49. The Labute approximate surface area is 151 Å². The van der Waals surface area contributed by atoms with Crippen LogP contribution in [0.5, 0.6) is 0 Å². The number of carbonyl (C=O) groups excluding carboxylic acids is 2. The molecule has 2 N–H and O–H groups in total. The molecule has 0 radical (unpaired) electrons. The first-order valence-electron chi connectivity index (χ1n) is 10.5. The molecule has 4 fully saturated rings. The molecule has 5 heteroatoms. The van der Waals surface area contributed by atoms with Crippen molar-refractivity contribution >= 4 is 11.8 Å². The van der Waals surface area contributed by atoms with E-state index in [1.165, 1.54) is 25.7 Å². The summed E-state index contributed by atoms with van der Waals surface area (Å²) in [6, 6.07) is -0.000820. The molecular formula is C20H33N3O2. The first-order chi connectivity index (χ1) is 12.2. The Morgan fingerprint density at radius 3 is 2.72 bits per heavy atom. The molecule has 2 bridgehead atoms. The minimum atomic E-state index is -0.000820. The van der Waals surface area contributed by atoms with E-state index in [0.717, 1.165) is 70.1 Å². The summed E-state index contributed by atoms with van der Waals surface area (Å²) in [4.78, 5) is 27.0. The molecule has 2 aliphatic heterocycles. The maximum atomic E-state index is 12.8. The molecule has 4 rings (SSSR count). The van der Waals surface area contributed by atoms with Crippen molar-refractivity contribution in [3.05, 3.63) is 0 Å². The number of hydrogen-bond acceptors (Lipinski definition) is 3. The zero-order valence-corrected chi connectivity index (χ0v) is 15.3. The van der Waals surface area contributed by atoms with Crippen molar-refractivity contribution in [3.8, 4) is 0 Å². The van der Waals surface area contributed by atoms with Crippen LogP contribution >= 0.6 is 0 Å². The molecule has 0 spiro atoms. The molecule has 5 atom stereocenters. The average Bonchev–Trinajstić information content (AvgIpc) is 3.37. The van der Waals surface area contributed by atoms with Gasteiger partial charge in [-0.05, 0) is 75.2 Å². The third kappa shape index (κ3) is 4.02. The van der Waals surface area contributed by atoms with Crippen molar-refractivity contribution in [1.82, 2.24) is 15.5 Å². The Hall–Kier alpha value is -1.10.